The van der Waals surface area contributed by atoms with Crippen LogP contribution in [0.3, 0.4) is 0 Å². The minimum atomic E-state index is -0.382. The molecule has 4 heterocycles. The number of likely N-dealkylation sites (tertiary alicyclic amines) is 1. The third kappa shape index (κ3) is 2.49. The zero-order chi connectivity index (χ0) is 16.0. The van der Waals surface area contributed by atoms with Gasteiger partial charge in [0.25, 0.3) is 0 Å². The van der Waals surface area contributed by atoms with Crippen molar-refractivity contribution in [3.63, 3.8) is 0 Å². The number of amides is 2. The summed E-state index contributed by atoms with van der Waals surface area (Å²) in [4.78, 5) is 29.0. The molecule has 0 aliphatic carbocycles. The molecule has 4 unspecified atom stereocenters. The third-order valence-corrected chi connectivity index (χ3v) is 5.61. The molecule has 0 N–H and O–H groups in total. The minimum Gasteiger partial charge on any atom is -0.340 e. The van der Waals surface area contributed by atoms with Gasteiger partial charge in [-0.25, -0.2) is 4.68 Å². The number of carbonyl (C=O) groups excluding carboxylic acids is 2. The highest BCUT2D eigenvalue weighted by atomic mass is 16.2. The van der Waals surface area contributed by atoms with Crippen molar-refractivity contribution in [2.75, 3.05) is 19.6 Å². The summed E-state index contributed by atoms with van der Waals surface area (Å²) in [6.45, 7) is 4.12. The van der Waals surface area contributed by atoms with Gasteiger partial charge in [0, 0.05) is 32.1 Å². The van der Waals surface area contributed by atoms with Crippen LogP contribution in [0.25, 0.3) is 0 Å². The topological polar surface area (TPSA) is 84.2 Å². The van der Waals surface area contributed by atoms with Gasteiger partial charge in [-0.1, -0.05) is 0 Å². The Morgan fingerprint density at radius 2 is 2.22 bits per heavy atom. The fraction of sp³-hybridized carbons (Fsp3) is 0.800. The average molecular weight is 318 g/mol. The number of nitrogens with zero attached hydrogens (tertiary/aromatic N) is 6. The first-order valence-electron chi connectivity index (χ1n) is 8.44. The number of aromatic nitrogens is 4. The van der Waals surface area contributed by atoms with Crippen molar-refractivity contribution < 1.29 is 9.59 Å². The number of carbonyl (C=O) groups is 2. The number of fused-ring (bicyclic) bond motifs is 4. The van der Waals surface area contributed by atoms with E-state index in [1.54, 1.807) is 0 Å². The quantitative estimate of drug-likeness (QED) is 0.772. The van der Waals surface area contributed by atoms with Crippen LogP contribution in [0.2, 0.25) is 0 Å². The second-order valence-corrected chi connectivity index (χ2v) is 7.08. The Labute approximate surface area is 134 Å². The Kier molecular flexibility index (Phi) is 3.54. The number of rotatable bonds is 2. The molecule has 0 spiro atoms. The van der Waals surface area contributed by atoms with E-state index < -0.39 is 0 Å². The highest BCUT2D eigenvalue weighted by molar-refractivity contribution is 5.80. The lowest BCUT2D eigenvalue weighted by Gasteiger charge is -2.52. The lowest BCUT2D eigenvalue weighted by Crippen LogP contribution is -2.61. The maximum atomic E-state index is 12.8. The molecule has 0 saturated carbocycles. The molecule has 3 aliphatic heterocycles. The van der Waals surface area contributed by atoms with E-state index in [0.717, 1.165) is 38.9 Å². The normalized spacial score (nSPS) is 31.7. The standard InChI is InChI=1S/C15H22N6O2/c1-10(21-9-16-17-18-21)15(23)19-6-11-5-12(8-19)13-3-2-4-14(22)20(13)7-11/h9-13H,2-8H2,1H3. The van der Waals surface area contributed by atoms with Crippen LogP contribution in [-0.4, -0.2) is 67.5 Å². The first kappa shape index (κ1) is 14.6. The molecule has 8 heteroatoms. The summed E-state index contributed by atoms with van der Waals surface area (Å²) in [6, 6.07) is -0.0561. The van der Waals surface area contributed by atoms with Gasteiger partial charge in [-0.15, -0.1) is 5.10 Å². The van der Waals surface area contributed by atoms with E-state index in [-0.39, 0.29) is 11.9 Å². The zero-order valence-electron chi connectivity index (χ0n) is 13.3. The van der Waals surface area contributed by atoms with Crippen molar-refractivity contribution in [2.24, 2.45) is 11.8 Å². The number of hydrogen-bond donors (Lipinski definition) is 0. The molecule has 0 radical (unpaired) electrons. The fourth-order valence-electron chi connectivity index (χ4n) is 4.51. The fourth-order valence-corrected chi connectivity index (χ4v) is 4.51. The molecule has 1 aromatic heterocycles. The molecule has 3 saturated heterocycles. The van der Waals surface area contributed by atoms with Gasteiger partial charge < -0.3 is 9.80 Å². The van der Waals surface area contributed by atoms with Gasteiger partial charge in [-0.2, -0.15) is 0 Å². The van der Waals surface area contributed by atoms with Crippen molar-refractivity contribution in [1.29, 1.82) is 0 Å². The molecule has 8 nitrogen and oxygen atoms in total. The van der Waals surface area contributed by atoms with Crippen molar-refractivity contribution >= 4 is 11.8 Å². The van der Waals surface area contributed by atoms with E-state index in [9.17, 15) is 9.59 Å². The first-order chi connectivity index (χ1) is 11.1. The molecule has 23 heavy (non-hydrogen) atoms. The molecule has 124 valence electrons. The van der Waals surface area contributed by atoms with Gasteiger partial charge in [0.15, 0.2) is 0 Å². The maximum Gasteiger partial charge on any atom is 0.247 e. The maximum absolute atomic E-state index is 12.8. The van der Waals surface area contributed by atoms with E-state index in [2.05, 4.69) is 20.4 Å². The van der Waals surface area contributed by atoms with Crippen molar-refractivity contribution in [3.8, 4) is 0 Å². The van der Waals surface area contributed by atoms with E-state index in [1.807, 2.05) is 11.8 Å². The number of tetrazole rings is 1. The van der Waals surface area contributed by atoms with Crippen LogP contribution in [0.5, 0.6) is 0 Å². The molecule has 2 bridgehead atoms. The highest BCUT2D eigenvalue weighted by Gasteiger charge is 2.45. The summed E-state index contributed by atoms with van der Waals surface area (Å²) in [5.74, 6) is 1.19. The molecule has 3 fully saturated rings. The van der Waals surface area contributed by atoms with Crippen LogP contribution in [0, 0.1) is 11.8 Å². The smallest absolute Gasteiger partial charge is 0.247 e. The Morgan fingerprint density at radius 1 is 1.35 bits per heavy atom. The lowest BCUT2D eigenvalue weighted by atomic mass is 9.76. The molecule has 2 amide bonds. The highest BCUT2D eigenvalue weighted by Crippen LogP contribution is 2.38. The van der Waals surface area contributed by atoms with Gasteiger partial charge in [0.2, 0.25) is 11.8 Å². The SMILES string of the molecule is CC(C(=O)N1CC2CC(C1)C1CCCC(=O)N1C2)n1cnnn1. The number of piperidine rings is 3. The average Bonchev–Trinajstić information content (AvgIpc) is 3.09. The molecule has 0 aromatic carbocycles. The second kappa shape index (κ2) is 5.58. The molecular formula is C15H22N6O2. The summed E-state index contributed by atoms with van der Waals surface area (Å²) in [7, 11) is 0. The zero-order valence-corrected chi connectivity index (χ0v) is 13.3. The number of hydrogen-bond acceptors (Lipinski definition) is 5. The van der Waals surface area contributed by atoms with E-state index in [1.165, 1.54) is 11.0 Å². The van der Waals surface area contributed by atoms with Crippen molar-refractivity contribution in [1.82, 2.24) is 30.0 Å². The van der Waals surface area contributed by atoms with Crippen LogP contribution < -0.4 is 0 Å². The largest absolute Gasteiger partial charge is 0.340 e. The summed E-state index contributed by atoms with van der Waals surface area (Å²) >= 11 is 0. The predicted octanol–water partition coefficient (Wildman–Crippen LogP) is 0.0935. The summed E-state index contributed by atoms with van der Waals surface area (Å²) in [6.07, 6.45) is 5.37. The Hall–Kier alpha value is -1.99. The van der Waals surface area contributed by atoms with E-state index >= 15 is 0 Å². The van der Waals surface area contributed by atoms with Crippen LogP contribution in [-0.2, 0) is 9.59 Å². The van der Waals surface area contributed by atoms with Crippen LogP contribution in [0.4, 0.5) is 0 Å². The predicted molar refractivity (Wildman–Crippen MR) is 80.1 cm³/mol. The second-order valence-electron chi connectivity index (χ2n) is 7.08. The van der Waals surface area contributed by atoms with Crippen LogP contribution >= 0.6 is 0 Å². The van der Waals surface area contributed by atoms with E-state index in [4.69, 9.17) is 0 Å². The molecule has 4 rings (SSSR count). The first-order valence-corrected chi connectivity index (χ1v) is 8.44. The van der Waals surface area contributed by atoms with Gasteiger partial charge in [-0.05, 0) is 48.4 Å². The molecule has 1 aromatic rings. The van der Waals surface area contributed by atoms with Gasteiger partial charge in [0.05, 0.1) is 0 Å². The molecule has 3 aliphatic rings. The Balaban J connectivity index is 1.49. The Bertz CT molecular complexity index is 603. The summed E-state index contributed by atoms with van der Waals surface area (Å²) < 4.78 is 1.50. The van der Waals surface area contributed by atoms with Gasteiger partial charge in [0.1, 0.15) is 12.4 Å². The lowest BCUT2D eigenvalue weighted by molar-refractivity contribution is -0.150. The summed E-state index contributed by atoms with van der Waals surface area (Å²) in [5.41, 5.74) is 0. The van der Waals surface area contributed by atoms with E-state index in [0.29, 0.717) is 30.2 Å². The third-order valence-electron chi connectivity index (χ3n) is 5.61. The monoisotopic (exact) mass is 318 g/mol. The molecular weight excluding hydrogens is 296 g/mol. The van der Waals surface area contributed by atoms with Crippen LogP contribution in [0.15, 0.2) is 6.33 Å². The van der Waals surface area contributed by atoms with Crippen LogP contribution in [0.1, 0.15) is 38.6 Å². The van der Waals surface area contributed by atoms with Crippen molar-refractivity contribution in [3.05, 3.63) is 6.33 Å². The summed E-state index contributed by atoms with van der Waals surface area (Å²) in [5, 5.41) is 11.1. The van der Waals surface area contributed by atoms with Gasteiger partial charge >= 0.3 is 0 Å². The van der Waals surface area contributed by atoms with Crippen molar-refractivity contribution in [2.45, 2.75) is 44.7 Å². The van der Waals surface area contributed by atoms with Gasteiger partial charge in [-0.3, -0.25) is 9.59 Å². The molecule has 4 atom stereocenters. The minimum absolute atomic E-state index is 0.0718. The Morgan fingerprint density at radius 3 is 3.00 bits per heavy atom.